The predicted molar refractivity (Wildman–Crippen MR) is 72.2 cm³/mol. The van der Waals surface area contributed by atoms with Gasteiger partial charge in [0.15, 0.2) is 0 Å². The van der Waals surface area contributed by atoms with Gasteiger partial charge in [0.05, 0.1) is 12.0 Å². The highest BCUT2D eigenvalue weighted by Gasteiger charge is 2.20. The number of piperidine rings is 1. The van der Waals surface area contributed by atoms with E-state index in [9.17, 15) is 0 Å². The monoisotopic (exact) mass is 251 g/mol. The van der Waals surface area contributed by atoms with Crippen LogP contribution >= 0.6 is 0 Å². The van der Waals surface area contributed by atoms with Crippen LogP contribution in [0.2, 0.25) is 0 Å². The number of hydrogen-bond donors (Lipinski definition) is 1. The lowest BCUT2D eigenvalue weighted by atomic mass is 9.95. The van der Waals surface area contributed by atoms with E-state index in [1.54, 1.807) is 0 Å². The molecule has 1 fully saturated rings. The highest BCUT2D eigenvalue weighted by molar-refractivity contribution is 4.98. The van der Waals surface area contributed by atoms with Gasteiger partial charge in [0.1, 0.15) is 0 Å². The molecule has 2 rings (SSSR count). The fourth-order valence-electron chi connectivity index (χ4n) is 2.86. The molecule has 1 aromatic rings. The van der Waals surface area contributed by atoms with Crippen LogP contribution in [-0.2, 0) is 13.1 Å². The van der Waals surface area contributed by atoms with E-state index in [0.29, 0.717) is 12.5 Å². The van der Waals surface area contributed by atoms with Gasteiger partial charge in [0.25, 0.3) is 0 Å². The van der Waals surface area contributed by atoms with E-state index in [1.165, 1.54) is 25.1 Å². The number of nitrogens with zero attached hydrogens (tertiary/aromatic N) is 3. The summed E-state index contributed by atoms with van der Waals surface area (Å²) < 4.78 is 2.26. The Bertz CT molecular complexity index is 349. The smallest absolute Gasteiger partial charge is 0.0948 e. The van der Waals surface area contributed by atoms with Gasteiger partial charge in [-0.15, -0.1) is 0 Å². The largest absolute Gasteiger partial charge is 0.396 e. The standard InChI is InChI=1S/C14H25N3O/c1-2-6-17-12-15-9-14(17)11-16-7-3-4-13(10-16)5-8-18/h9,12-13,18H,2-8,10-11H2,1H3. The van der Waals surface area contributed by atoms with Gasteiger partial charge in [-0.25, -0.2) is 4.98 Å². The lowest BCUT2D eigenvalue weighted by molar-refractivity contribution is 0.140. The highest BCUT2D eigenvalue weighted by Crippen LogP contribution is 2.20. The molecular formula is C14H25N3O. The maximum Gasteiger partial charge on any atom is 0.0948 e. The molecule has 0 spiro atoms. The molecule has 1 atom stereocenters. The first-order valence-electron chi connectivity index (χ1n) is 7.15. The summed E-state index contributed by atoms with van der Waals surface area (Å²) in [4.78, 5) is 6.76. The summed E-state index contributed by atoms with van der Waals surface area (Å²) in [6, 6.07) is 0. The lowest BCUT2D eigenvalue weighted by Crippen LogP contribution is -2.35. The zero-order chi connectivity index (χ0) is 12.8. The molecule has 1 unspecified atom stereocenters. The second kappa shape index (κ2) is 6.90. The first-order valence-corrected chi connectivity index (χ1v) is 7.15. The molecule has 1 saturated heterocycles. The Morgan fingerprint density at radius 3 is 3.17 bits per heavy atom. The maximum absolute atomic E-state index is 9.04. The Balaban J connectivity index is 1.89. The Morgan fingerprint density at radius 1 is 1.50 bits per heavy atom. The number of rotatable bonds is 6. The van der Waals surface area contributed by atoms with Crippen LogP contribution in [0, 0.1) is 5.92 Å². The van der Waals surface area contributed by atoms with E-state index in [-0.39, 0.29) is 0 Å². The van der Waals surface area contributed by atoms with Crippen molar-refractivity contribution in [1.82, 2.24) is 14.5 Å². The molecule has 0 aliphatic carbocycles. The van der Waals surface area contributed by atoms with Crippen LogP contribution in [0.1, 0.15) is 38.3 Å². The Hall–Kier alpha value is -0.870. The fraction of sp³-hybridized carbons (Fsp3) is 0.786. The molecule has 4 nitrogen and oxygen atoms in total. The zero-order valence-electron chi connectivity index (χ0n) is 11.4. The van der Waals surface area contributed by atoms with Crippen LogP contribution in [0.5, 0.6) is 0 Å². The van der Waals surface area contributed by atoms with Crippen LogP contribution in [0.25, 0.3) is 0 Å². The molecular weight excluding hydrogens is 226 g/mol. The van der Waals surface area contributed by atoms with Crippen LogP contribution in [0.3, 0.4) is 0 Å². The SMILES string of the molecule is CCCn1cncc1CN1CCCC(CCO)C1. The Kier molecular flexibility index (Phi) is 5.20. The van der Waals surface area contributed by atoms with Gasteiger partial charge in [-0.2, -0.15) is 0 Å². The maximum atomic E-state index is 9.04. The van der Waals surface area contributed by atoms with Crippen molar-refractivity contribution in [3.05, 3.63) is 18.2 Å². The molecule has 1 aliphatic heterocycles. The first-order chi connectivity index (χ1) is 8.83. The summed E-state index contributed by atoms with van der Waals surface area (Å²) in [5.74, 6) is 0.672. The normalized spacial score (nSPS) is 21.3. The molecule has 2 heterocycles. The summed E-state index contributed by atoms with van der Waals surface area (Å²) in [6.07, 6.45) is 8.55. The van der Waals surface area contributed by atoms with Gasteiger partial charge in [0, 0.05) is 32.4 Å². The van der Waals surface area contributed by atoms with Crippen molar-refractivity contribution in [2.75, 3.05) is 19.7 Å². The highest BCUT2D eigenvalue weighted by atomic mass is 16.3. The van der Waals surface area contributed by atoms with Gasteiger partial charge >= 0.3 is 0 Å². The molecule has 102 valence electrons. The minimum absolute atomic E-state index is 0.326. The minimum Gasteiger partial charge on any atom is -0.396 e. The quantitative estimate of drug-likeness (QED) is 0.839. The van der Waals surface area contributed by atoms with Crippen LogP contribution in [-0.4, -0.2) is 39.3 Å². The number of aryl methyl sites for hydroxylation is 1. The number of aliphatic hydroxyl groups is 1. The summed E-state index contributed by atoms with van der Waals surface area (Å²) in [7, 11) is 0. The number of aliphatic hydroxyl groups excluding tert-OH is 1. The first kappa shape index (κ1) is 13.6. The van der Waals surface area contributed by atoms with E-state index in [2.05, 4.69) is 21.4 Å². The Morgan fingerprint density at radius 2 is 2.39 bits per heavy atom. The molecule has 1 aromatic heterocycles. The van der Waals surface area contributed by atoms with Crippen molar-refractivity contribution in [3.63, 3.8) is 0 Å². The topological polar surface area (TPSA) is 41.3 Å². The van der Waals surface area contributed by atoms with Crippen molar-refractivity contribution in [3.8, 4) is 0 Å². The molecule has 4 heteroatoms. The number of imidazole rings is 1. The Labute approximate surface area is 110 Å². The minimum atomic E-state index is 0.326. The van der Waals surface area contributed by atoms with Crippen LogP contribution in [0.4, 0.5) is 0 Å². The van der Waals surface area contributed by atoms with E-state index in [0.717, 1.165) is 32.5 Å². The molecule has 0 saturated carbocycles. The molecule has 1 N–H and O–H groups in total. The van der Waals surface area contributed by atoms with Gasteiger partial charge in [-0.1, -0.05) is 6.92 Å². The fourth-order valence-corrected chi connectivity index (χ4v) is 2.86. The molecule has 0 amide bonds. The molecule has 1 aliphatic rings. The van der Waals surface area contributed by atoms with E-state index in [1.807, 2.05) is 12.5 Å². The summed E-state index contributed by atoms with van der Waals surface area (Å²) in [5.41, 5.74) is 1.32. The molecule has 0 radical (unpaired) electrons. The average molecular weight is 251 g/mol. The van der Waals surface area contributed by atoms with E-state index in [4.69, 9.17) is 5.11 Å². The van der Waals surface area contributed by atoms with Crippen molar-refractivity contribution >= 4 is 0 Å². The third-order valence-electron chi connectivity index (χ3n) is 3.79. The molecule has 0 aromatic carbocycles. The number of likely N-dealkylation sites (tertiary alicyclic amines) is 1. The third kappa shape index (κ3) is 3.56. The van der Waals surface area contributed by atoms with Crippen molar-refractivity contribution in [1.29, 1.82) is 0 Å². The van der Waals surface area contributed by atoms with Crippen molar-refractivity contribution < 1.29 is 5.11 Å². The average Bonchev–Trinajstić information content (AvgIpc) is 2.78. The van der Waals surface area contributed by atoms with Crippen molar-refractivity contribution in [2.24, 2.45) is 5.92 Å². The van der Waals surface area contributed by atoms with Crippen LogP contribution in [0.15, 0.2) is 12.5 Å². The van der Waals surface area contributed by atoms with Gasteiger partial charge < -0.3 is 9.67 Å². The second-order valence-electron chi connectivity index (χ2n) is 5.33. The van der Waals surface area contributed by atoms with Crippen molar-refractivity contribution in [2.45, 2.75) is 45.7 Å². The summed E-state index contributed by atoms with van der Waals surface area (Å²) in [5, 5.41) is 9.04. The van der Waals surface area contributed by atoms with E-state index < -0.39 is 0 Å². The lowest BCUT2D eigenvalue weighted by Gasteiger charge is -2.32. The predicted octanol–water partition coefficient (Wildman–Crippen LogP) is 1.89. The zero-order valence-corrected chi connectivity index (χ0v) is 11.4. The molecule has 0 bridgehead atoms. The van der Waals surface area contributed by atoms with Gasteiger partial charge in [-0.05, 0) is 38.1 Å². The van der Waals surface area contributed by atoms with Crippen LogP contribution < -0.4 is 0 Å². The number of aromatic nitrogens is 2. The summed E-state index contributed by atoms with van der Waals surface area (Å²) >= 11 is 0. The molecule has 18 heavy (non-hydrogen) atoms. The second-order valence-corrected chi connectivity index (χ2v) is 5.33. The number of hydrogen-bond acceptors (Lipinski definition) is 3. The summed E-state index contributed by atoms with van der Waals surface area (Å²) in [6.45, 7) is 6.89. The van der Waals surface area contributed by atoms with Gasteiger partial charge in [-0.3, -0.25) is 4.90 Å². The van der Waals surface area contributed by atoms with Gasteiger partial charge in [0.2, 0.25) is 0 Å². The third-order valence-corrected chi connectivity index (χ3v) is 3.79. The van der Waals surface area contributed by atoms with E-state index >= 15 is 0 Å².